The lowest BCUT2D eigenvalue weighted by atomic mass is 10.0. The second kappa shape index (κ2) is 5.20. The number of nitrogens with zero attached hydrogens (tertiary/aromatic N) is 1. The number of H-pyrrole nitrogens is 1. The summed E-state index contributed by atoms with van der Waals surface area (Å²) in [4.78, 5) is 26.7. The Morgan fingerprint density at radius 2 is 2.33 bits per heavy atom. The van der Waals surface area contributed by atoms with Crippen molar-refractivity contribution in [2.45, 2.75) is 25.3 Å². The molecule has 2 N–H and O–H groups in total. The first kappa shape index (κ1) is 13.6. The molecule has 6 heteroatoms. The first-order valence-corrected chi connectivity index (χ1v) is 6.85. The van der Waals surface area contributed by atoms with Crippen LogP contribution in [0.15, 0.2) is 18.2 Å². The molecule has 2 aromatic rings. The van der Waals surface area contributed by atoms with Gasteiger partial charge in [0.15, 0.2) is 6.29 Å². The van der Waals surface area contributed by atoms with Gasteiger partial charge in [0.05, 0.1) is 5.69 Å². The van der Waals surface area contributed by atoms with Crippen molar-refractivity contribution >= 4 is 23.3 Å². The van der Waals surface area contributed by atoms with E-state index in [9.17, 15) is 19.1 Å². The van der Waals surface area contributed by atoms with E-state index in [0.29, 0.717) is 30.5 Å². The molecule has 3 rings (SSSR count). The van der Waals surface area contributed by atoms with E-state index < -0.39 is 6.09 Å². The van der Waals surface area contributed by atoms with E-state index in [1.54, 1.807) is 6.07 Å². The minimum atomic E-state index is -0.934. The monoisotopic (exact) mass is 290 g/mol. The maximum Gasteiger partial charge on any atom is 0.407 e. The second-order valence-corrected chi connectivity index (χ2v) is 5.30. The minimum Gasteiger partial charge on any atom is -0.465 e. The quantitative estimate of drug-likeness (QED) is 0.854. The molecule has 0 aliphatic carbocycles. The minimum absolute atomic E-state index is 0.134. The number of fused-ring (bicyclic) bond motifs is 1. The van der Waals surface area contributed by atoms with Crippen molar-refractivity contribution in [3.8, 4) is 0 Å². The summed E-state index contributed by atoms with van der Waals surface area (Å²) in [6.45, 7) is 0.521. The smallest absolute Gasteiger partial charge is 0.407 e. The van der Waals surface area contributed by atoms with E-state index in [1.165, 1.54) is 17.0 Å². The van der Waals surface area contributed by atoms with Crippen molar-refractivity contribution in [3.63, 3.8) is 0 Å². The summed E-state index contributed by atoms with van der Waals surface area (Å²) in [5.74, 6) is -0.374. The number of hydrogen-bond donors (Lipinski definition) is 2. The van der Waals surface area contributed by atoms with Crippen molar-refractivity contribution in [2.75, 3.05) is 6.54 Å². The van der Waals surface area contributed by atoms with Crippen LogP contribution in [0.25, 0.3) is 10.9 Å². The van der Waals surface area contributed by atoms with Crippen LogP contribution in [-0.2, 0) is 6.42 Å². The lowest BCUT2D eigenvalue weighted by molar-refractivity contribution is 0.111. The molecule has 1 fully saturated rings. The van der Waals surface area contributed by atoms with Crippen molar-refractivity contribution in [1.29, 1.82) is 0 Å². The molecule has 0 unspecified atom stereocenters. The Bertz CT molecular complexity index is 710. The van der Waals surface area contributed by atoms with Gasteiger partial charge in [-0.2, -0.15) is 0 Å². The van der Waals surface area contributed by atoms with Gasteiger partial charge in [0.25, 0.3) is 0 Å². The van der Waals surface area contributed by atoms with Crippen molar-refractivity contribution < 1.29 is 19.1 Å². The Morgan fingerprint density at radius 1 is 1.52 bits per heavy atom. The summed E-state index contributed by atoms with van der Waals surface area (Å²) in [5, 5.41) is 9.96. The number of halogens is 1. The van der Waals surface area contributed by atoms with Crippen LogP contribution in [0.3, 0.4) is 0 Å². The number of aromatic nitrogens is 1. The number of amides is 1. The average Bonchev–Trinajstić information content (AvgIpc) is 3.03. The molecule has 0 saturated carbocycles. The van der Waals surface area contributed by atoms with E-state index in [4.69, 9.17) is 0 Å². The van der Waals surface area contributed by atoms with Crippen LogP contribution in [0.1, 0.15) is 28.9 Å². The van der Waals surface area contributed by atoms with Crippen molar-refractivity contribution in [3.05, 3.63) is 35.3 Å². The average molecular weight is 290 g/mol. The van der Waals surface area contributed by atoms with Gasteiger partial charge in [-0.05, 0) is 43.0 Å². The standard InChI is InChI=1S/C15H15FN2O3/c16-9-3-4-11-12(14(8-19)17-13(11)6-9)7-10-2-1-5-18(10)15(20)21/h3-4,6,8,10,17H,1-2,5,7H2,(H,20,21)/t10-/m0/s1. The topological polar surface area (TPSA) is 73.4 Å². The van der Waals surface area contributed by atoms with E-state index in [2.05, 4.69) is 4.98 Å². The lowest BCUT2D eigenvalue weighted by Crippen LogP contribution is -2.35. The Hall–Kier alpha value is -2.37. The van der Waals surface area contributed by atoms with Crippen LogP contribution >= 0.6 is 0 Å². The molecule has 1 aromatic carbocycles. The molecule has 5 nitrogen and oxygen atoms in total. The summed E-state index contributed by atoms with van der Waals surface area (Å²) < 4.78 is 13.3. The zero-order valence-corrected chi connectivity index (χ0v) is 11.3. The van der Waals surface area contributed by atoms with Crippen LogP contribution < -0.4 is 0 Å². The van der Waals surface area contributed by atoms with Gasteiger partial charge in [-0.1, -0.05) is 0 Å². The fourth-order valence-electron chi connectivity index (χ4n) is 3.10. The Morgan fingerprint density at radius 3 is 3.05 bits per heavy atom. The van der Waals surface area contributed by atoms with Crippen LogP contribution in [0, 0.1) is 5.82 Å². The molecule has 0 radical (unpaired) electrons. The number of carbonyl (C=O) groups is 2. The highest BCUT2D eigenvalue weighted by Gasteiger charge is 2.30. The summed E-state index contributed by atoms with van der Waals surface area (Å²) >= 11 is 0. The number of aldehydes is 1. The molecule has 0 spiro atoms. The maximum absolute atomic E-state index is 13.3. The summed E-state index contributed by atoms with van der Waals surface area (Å²) in [7, 11) is 0. The van der Waals surface area contributed by atoms with E-state index in [0.717, 1.165) is 23.8 Å². The molecular formula is C15H15FN2O3. The van der Waals surface area contributed by atoms with E-state index >= 15 is 0 Å². The zero-order valence-electron chi connectivity index (χ0n) is 11.3. The number of nitrogens with one attached hydrogen (secondary N) is 1. The van der Waals surface area contributed by atoms with Crippen LogP contribution in [-0.4, -0.2) is 40.0 Å². The summed E-state index contributed by atoms with van der Waals surface area (Å²) in [6, 6.07) is 4.18. The maximum atomic E-state index is 13.3. The summed E-state index contributed by atoms with van der Waals surface area (Å²) in [5.41, 5.74) is 1.72. The molecule has 1 aromatic heterocycles. The van der Waals surface area contributed by atoms with E-state index in [-0.39, 0.29) is 11.9 Å². The van der Waals surface area contributed by atoms with Crippen molar-refractivity contribution in [1.82, 2.24) is 9.88 Å². The van der Waals surface area contributed by atoms with Crippen LogP contribution in [0.4, 0.5) is 9.18 Å². The largest absolute Gasteiger partial charge is 0.465 e. The van der Waals surface area contributed by atoms with Gasteiger partial charge in [0, 0.05) is 23.5 Å². The Balaban J connectivity index is 1.99. The van der Waals surface area contributed by atoms with Gasteiger partial charge in [-0.3, -0.25) is 4.79 Å². The lowest BCUT2D eigenvalue weighted by Gasteiger charge is -2.21. The number of carboxylic acid groups (broad SMARTS) is 1. The number of rotatable bonds is 3. The van der Waals surface area contributed by atoms with Crippen LogP contribution in [0.5, 0.6) is 0 Å². The molecule has 1 aliphatic heterocycles. The molecule has 2 heterocycles. The van der Waals surface area contributed by atoms with Gasteiger partial charge in [-0.25, -0.2) is 9.18 Å². The fourth-order valence-corrected chi connectivity index (χ4v) is 3.10. The first-order chi connectivity index (χ1) is 10.1. The number of carbonyl (C=O) groups excluding carboxylic acids is 1. The molecule has 1 atom stereocenters. The summed E-state index contributed by atoms with van der Waals surface area (Å²) in [6.07, 6.45) is 1.83. The highest BCUT2D eigenvalue weighted by Crippen LogP contribution is 2.28. The zero-order chi connectivity index (χ0) is 15.0. The number of benzene rings is 1. The molecular weight excluding hydrogens is 275 g/mol. The molecule has 1 amide bonds. The SMILES string of the molecule is O=Cc1[nH]c2cc(F)ccc2c1C[C@@H]1CCCN1C(=O)O. The Kier molecular flexibility index (Phi) is 3.37. The van der Waals surface area contributed by atoms with Crippen LogP contribution in [0.2, 0.25) is 0 Å². The third kappa shape index (κ3) is 2.37. The third-order valence-corrected chi connectivity index (χ3v) is 4.08. The molecule has 21 heavy (non-hydrogen) atoms. The van der Waals surface area contributed by atoms with Gasteiger partial charge < -0.3 is 15.0 Å². The number of aromatic amines is 1. The van der Waals surface area contributed by atoms with Gasteiger partial charge in [-0.15, -0.1) is 0 Å². The number of hydrogen-bond acceptors (Lipinski definition) is 2. The highest BCUT2D eigenvalue weighted by atomic mass is 19.1. The first-order valence-electron chi connectivity index (χ1n) is 6.85. The van der Waals surface area contributed by atoms with Gasteiger partial charge >= 0.3 is 6.09 Å². The predicted octanol–water partition coefficient (Wildman–Crippen LogP) is 2.80. The van der Waals surface area contributed by atoms with Crippen molar-refractivity contribution in [2.24, 2.45) is 0 Å². The molecule has 0 bridgehead atoms. The Labute approximate surface area is 120 Å². The second-order valence-electron chi connectivity index (χ2n) is 5.30. The third-order valence-electron chi connectivity index (χ3n) is 4.08. The normalized spacial score (nSPS) is 18.3. The van der Waals surface area contributed by atoms with Gasteiger partial charge in [0.2, 0.25) is 0 Å². The predicted molar refractivity (Wildman–Crippen MR) is 75.1 cm³/mol. The number of likely N-dealkylation sites (tertiary alicyclic amines) is 1. The van der Waals surface area contributed by atoms with Gasteiger partial charge in [0.1, 0.15) is 5.82 Å². The molecule has 110 valence electrons. The van der Waals surface area contributed by atoms with E-state index in [1.807, 2.05) is 0 Å². The molecule has 1 aliphatic rings. The molecule has 1 saturated heterocycles. The highest BCUT2D eigenvalue weighted by molar-refractivity contribution is 5.92. The fraction of sp³-hybridized carbons (Fsp3) is 0.333.